The normalized spacial score (nSPS) is 11.8. The summed E-state index contributed by atoms with van der Waals surface area (Å²) in [7, 11) is 0. The Kier molecular flexibility index (Phi) is 18.0. The summed E-state index contributed by atoms with van der Waals surface area (Å²) < 4.78 is 63.7. The maximum atomic E-state index is 15.6. The van der Waals surface area contributed by atoms with Gasteiger partial charge in [-0.05, 0) is 184 Å². The molecule has 14 heteroatoms. The van der Waals surface area contributed by atoms with E-state index in [0.717, 1.165) is 71.9 Å². The topological polar surface area (TPSA) is 158 Å². The number of fused-ring (bicyclic) bond motifs is 2. The van der Waals surface area contributed by atoms with Crippen molar-refractivity contribution in [2.75, 3.05) is 0 Å². The molecule has 0 saturated carbocycles. The van der Waals surface area contributed by atoms with Gasteiger partial charge in [-0.1, -0.05) is 75.9 Å². The SMILES string of the molecule is C=C(C)C(=O)Oc1cc(OC(=O)C(=C)C)cc(-c2ccc(-c3ccc(OC(=O)C(=C)C)c4c3CCC4)c(F)c2)c1.C=C(C)C(=O)Oc1cc(OC(=O)C(=C)C)cc(-c2ccc(-c3ccc(OC(=O)C(=C)C)c4c3CCC4)cc2F)c1. The van der Waals surface area contributed by atoms with Gasteiger partial charge in [-0.15, -0.1) is 0 Å². The third kappa shape index (κ3) is 13.8. The molecular weight excluding hydrogens is 1020 g/mol. The number of rotatable bonds is 16. The fourth-order valence-electron chi connectivity index (χ4n) is 8.74. The van der Waals surface area contributed by atoms with Crippen molar-refractivity contribution in [1.29, 1.82) is 0 Å². The van der Waals surface area contributed by atoms with Crippen molar-refractivity contribution in [3.05, 3.63) is 204 Å². The minimum absolute atomic E-state index is 0.0659. The Morgan fingerprint density at radius 1 is 0.325 bits per heavy atom. The minimum Gasteiger partial charge on any atom is -0.423 e. The van der Waals surface area contributed by atoms with Gasteiger partial charge >= 0.3 is 35.8 Å². The van der Waals surface area contributed by atoms with Gasteiger partial charge in [0.05, 0.1) is 0 Å². The van der Waals surface area contributed by atoms with Crippen LogP contribution in [0.5, 0.6) is 34.5 Å². The molecule has 0 fully saturated rings. The number of benzene rings is 6. The van der Waals surface area contributed by atoms with Crippen molar-refractivity contribution in [2.45, 2.75) is 80.1 Å². The number of halogens is 2. The number of ether oxygens (including phenoxy) is 6. The molecule has 0 spiro atoms. The summed E-state index contributed by atoms with van der Waals surface area (Å²) in [6, 6.07) is 25.4. The van der Waals surface area contributed by atoms with Crippen LogP contribution in [-0.2, 0) is 54.5 Å². The van der Waals surface area contributed by atoms with Crippen LogP contribution in [-0.4, -0.2) is 35.8 Å². The van der Waals surface area contributed by atoms with E-state index in [1.54, 1.807) is 68.4 Å². The van der Waals surface area contributed by atoms with Crippen LogP contribution >= 0.6 is 0 Å². The lowest BCUT2D eigenvalue weighted by Crippen LogP contribution is -2.10. The van der Waals surface area contributed by atoms with Gasteiger partial charge in [-0.2, -0.15) is 0 Å². The quantitative estimate of drug-likeness (QED) is 0.0514. The molecule has 0 atom stereocenters. The van der Waals surface area contributed by atoms with Gasteiger partial charge in [-0.3, -0.25) is 0 Å². The van der Waals surface area contributed by atoms with Crippen LogP contribution in [0.3, 0.4) is 0 Å². The standard InChI is InChI=1S/2C33H29FO6/c1-18(2)31(35)38-23-14-22(15-24(17-23)39-32(36)19(3)4)26-11-10-21(16-29(26)34)25-12-13-30(40-33(37)20(5)6)28-9-7-8-27(25)28;1-18(2)31(35)38-23-14-22(15-24(17-23)39-32(36)19(3)4)21-10-11-27(29(34)16-21)26-12-13-30(40-33(37)20(5)6)28-9-7-8-25(26)28/h2*10-17H,1,3,5,7-9H2,2,4,6H3. The highest BCUT2D eigenvalue weighted by molar-refractivity contribution is 5.93. The second-order valence-electron chi connectivity index (χ2n) is 19.6. The van der Waals surface area contributed by atoms with Gasteiger partial charge in [0.1, 0.15) is 46.1 Å². The summed E-state index contributed by atoms with van der Waals surface area (Å²) in [5.74, 6) is -3.30. The van der Waals surface area contributed by atoms with Crippen molar-refractivity contribution >= 4 is 35.8 Å². The molecule has 12 nitrogen and oxygen atoms in total. The Hall–Kier alpha value is -9.56. The average molecular weight is 1080 g/mol. The first-order valence-electron chi connectivity index (χ1n) is 25.3. The van der Waals surface area contributed by atoms with E-state index in [2.05, 4.69) is 39.5 Å². The molecular formula is C66H58F2O12. The molecule has 6 aromatic carbocycles. The maximum absolute atomic E-state index is 15.6. The molecule has 80 heavy (non-hydrogen) atoms. The summed E-state index contributed by atoms with van der Waals surface area (Å²) in [6.07, 6.45) is 4.75. The average Bonchev–Trinajstić information content (AvgIpc) is 4.11. The third-order valence-electron chi connectivity index (χ3n) is 12.8. The Bertz CT molecular complexity index is 3580. The van der Waals surface area contributed by atoms with E-state index in [0.29, 0.717) is 50.5 Å². The van der Waals surface area contributed by atoms with Gasteiger partial charge in [0.15, 0.2) is 0 Å². The van der Waals surface area contributed by atoms with Crippen molar-refractivity contribution in [3.63, 3.8) is 0 Å². The van der Waals surface area contributed by atoms with E-state index < -0.39 is 47.5 Å². The molecule has 6 aromatic rings. The van der Waals surface area contributed by atoms with Crippen LogP contribution in [0.25, 0.3) is 44.5 Å². The highest BCUT2D eigenvalue weighted by atomic mass is 19.1. The number of hydrogen-bond donors (Lipinski definition) is 0. The lowest BCUT2D eigenvalue weighted by molar-refractivity contribution is -0.131. The lowest BCUT2D eigenvalue weighted by atomic mass is 9.94. The van der Waals surface area contributed by atoms with Crippen molar-refractivity contribution in [3.8, 4) is 79.0 Å². The van der Waals surface area contributed by atoms with E-state index in [1.165, 1.54) is 64.1 Å². The monoisotopic (exact) mass is 1080 g/mol. The fraction of sp³-hybridized carbons (Fsp3) is 0.182. The molecule has 0 saturated heterocycles. The molecule has 0 amide bonds. The van der Waals surface area contributed by atoms with Crippen molar-refractivity contribution in [1.82, 2.24) is 0 Å². The summed E-state index contributed by atoms with van der Waals surface area (Å²) in [5.41, 5.74) is 9.28. The summed E-state index contributed by atoms with van der Waals surface area (Å²) >= 11 is 0. The number of carbonyl (C=O) groups is 6. The van der Waals surface area contributed by atoms with Crippen molar-refractivity contribution < 1.29 is 66.0 Å². The molecule has 408 valence electrons. The van der Waals surface area contributed by atoms with Crippen molar-refractivity contribution in [2.24, 2.45) is 0 Å². The first-order chi connectivity index (χ1) is 37.9. The molecule has 0 aliphatic heterocycles. The van der Waals surface area contributed by atoms with Gasteiger partial charge < -0.3 is 28.4 Å². The number of hydrogen-bond acceptors (Lipinski definition) is 12. The van der Waals surface area contributed by atoms with Crippen LogP contribution in [0, 0.1) is 11.6 Å². The molecule has 0 N–H and O–H groups in total. The number of carbonyl (C=O) groups excluding carboxylic acids is 6. The van der Waals surface area contributed by atoms with E-state index in [1.807, 2.05) is 6.07 Å². The Labute approximate surface area is 463 Å². The highest BCUT2D eigenvalue weighted by Gasteiger charge is 2.26. The Morgan fingerprint density at radius 3 is 1.04 bits per heavy atom. The van der Waals surface area contributed by atoms with Gasteiger partial charge in [0.25, 0.3) is 0 Å². The van der Waals surface area contributed by atoms with E-state index >= 15 is 8.78 Å². The lowest BCUT2D eigenvalue weighted by Gasteiger charge is -2.15. The summed E-state index contributed by atoms with van der Waals surface area (Å²) in [6.45, 7) is 30.8. The van der Waals surface area contributed by atoms with Crippen LogP contribution < -0.4 is 28.4 Å². The Balaban J connectivity index is 0.000000231. The Morgan fingerprint density at radius 2 is 0.637 bits per heavy atom. The summed E-state index contributed by atoms with van der Waals surface area (Å²) in [4.78, 5) is 72.7. The molecule has 2 aliphatic rings. The van der Waals surface area contributed by atoms with E-state index in [9.17, 15) is 28.8 Å². The first-order valence-corrected chi connectivity index (χ1v) is 25.3. The van der Waals surface area contributed by atoms with Gasteiger partial charge in [-0.25, -0.2) is 37.5 Å². The van der Waals surface area contributed by atoms with Crippen LogP contribution in [0.2, 0.25) is 0 Å². The van der Waals surface area contributed by atoms with Crippen LogP contribution in [0.15, 0.2) is 170 Å². The molecule has 0 aromatic heterocycles. The second kappa shape index (κ2) is 24.8. The van der Waals surface area contributed by atoms with Gasteiger partial charge in [0, 0.05) is 56.7 Å². The molecule has 0 heterocycles. The predicted octanol–water partition coefficient (Wildman–Crippen LogP) is 14.2. The smallest absolute Gasteiger partial charge is 0.338 e. The molecule has 0 unspecified atom stereocenters. The van der Waals surface area contributed by atoms with Crippen LogP contribution in [0.4, 0.5) is 8.78 Å². The molecule has 2 aliphatic carbocycles. The van der Waals surface area contributed by atoms with Gasteiger partial charge in [0.2, 0.25) is 0 Å². The van der Waals surface area contributed by atoms with E-state index in [-0.39, 0.29) is 50.9 Å². The largest absolute Gasteiger partial charge is 0.423 e. The number of esters is 6. The zero-order valence-electron chi connectivity index (χ0n) is 45.4. The first kappa shape index (κ1) is 58.1. The summed E-state index contributed by atoms with van der Waals surface area (Å²) in [5, 5.41) is 0. The fourth-order valence-corrected chi connectivity index (χ4v) is 8.74. The third-order valence-corrected chi connectivity index (χ3v) is 12.8. The zero-order chi connectivity index (χ0) is 58.3. The molecule has 8 rings (SSSR count). The second-order valence-corrected chi connectivity index (χ2v) is 19.6. The highest BCUT2D eigenvalue weighted by Crippen LogP contribution is 2.43. The minimum atomic E-state index is -0.670. The maximum Gasteiger partial charge on any atom is 0.338 e. The van der Waals surface area contributed by atoms with E-state index in [4.69, 9.17) is 28.4 Å². The molecule has 0 radical (unpaired) electrons. The predicted molar refractivity (Wildman–Crippen MR) is 301 cm³/mol. The molecule has 0 bridgehead atoms. The zero-order valence-corrected chi connectivity index (χ0v) is 45.4. The van der Waals surface area contributed by atoms with Crippen LogP contribution in [0.1, 0.15) is 76.6 Å².